The van der Waals surface area contributed by atoms with E-state index in [-0.39, 0.29) is 37.3 Å². The van der Waals surface area contributed by atoms with E-state index in [2.05, 4.69) is 20.6 Å². The van der Waals surface area contributed by atoms with Crippen LogP contribution in [-0.2, 0) is 23.9 Å². The zero-order valence-electron chi connectivity index (χ0n) is 18.8. The monoisotopic (exact) mass is 503 g/mol. The zero-order chi connectivity index (χ0) is 25.5. The van der Waals surface area contributed by atoms with E-state index in [4.69, 9.17) is 4.74 Å². The fraction of sp³-hybridized carbons (Fsp3) is 0.455. The number of benzene rings is 1. The number of rotatable bonds is 4. The van der Waals surface area contributed by atoms with Crippen molar-refractivity contribution in [3.8, 4) is 5.75 Å². The highest BCUT2D eigenvalue weighted by molar-refractivity contribution is 6.08. The third-order valence-corrected chi connectivity index (χ3v) is 5.93. The Hall–Kier alpha value is -3.38. The lowest BCUT2D eigenvalue weighted by Gasteiger charge is -2.32. The van der Waals surface area contributed by atoms with E-state index in [1.807, 2.05) is 0 Å². The van der Waals surface area contributed by atoms with Gasteiger partial charge in [-0.3, -0.25) is 9.79 Å². The highest BCUT2D eigenvalue weighted by atomic mass is 19.4. The molecule has 2 aliphatic rings. The first kappa shape index (κ1) is 24.7. The van der Waals surface area contributed by atoms with Gasteiger partial charge in [0.05, 0.1) is 24.1 Å². The van der Waals surface area contributed by atoms with Gasteiger partial charge in [0.1, 0.15) is 17.7 Å². The molecular formula is C22H23F6N5O2. The van der Waals surface area contributed by atoms with Gasteiger partial charge in [-0.1, -0.05) is 0 Å². The van der Waals surface area contributed by atoms with E-state index >= 15 is 0 Å². The van der Waals surface area contributed by atoms with Crippen molar-refractivity contribution in [1.82, 2.24) is 9.88 Å². The molecule has 0 saturated carbocycles. The summed E-state index contributed by atoms with van der Waals surface area (Å²) < 4.78 is 84.2. The lowest BCUT2D eigenvalue weighted by atomic mass is 9.97. The summed E-state index contributed by atoms with van der Waals surface area (Å²) >= 11 is 0. The number of nitrogens with zero attached hydrogens (tertiary/aromatic N) is 2. The van der Waals surface area contributed by atoms with Crippen LogP contribution in [0.3, 0.4) is 0 Å². The van der Waals surface area contributed by atoms with E-state index in [0.29, 0.717) is 29.3 Å². The van der Waals surface area contributed by atoms with Crippen LogP contribution in [0.4, 0.5) is 37.8 Å². The molecule has 0 radical (unpaired) electrons. The molecule has 0 aliphatic carbocycles. The molecule has 0 saturated heterocycles. The Kier molecular flexibility index (Phi) is 6.36. The maximum absolute atomic E-state index is 13.4. The van der Waals surface area contributed by atoms with Crippen LogP contribution in [0.5, 0.6) is 5.75 Å². The Morgan fingerprint density at radius 3 is 2.60 bits per heavy atom. The number of carbonyl (C=O) groups is 1. The Balaban J connectivity index is 1.59. The molecule has 7 nitrogen and oxygen atoms in total. The van der Waals surface area contributed by atoms with Gasteiger partial charge in [0.2, 0.25) is 0 Å². The van der Waals surface area contributed by atoms with E-state index in [1.54, 1.807) is 19.1 Å². The average Bonchev–Trinajstić information content (AvgIpc) is 3.22. The molecule has 13 heteroatoms. The molecule has 3 N–H and O–H groups in total. The third kappa shape index (κ3) is 4.89. The number of aromatic nitrogens is 1. The largest absolute Gasteiger partial charge is 0.495 e. The van der Waals surface area contributed by atoms with Crippen LogP contribution in [0.1, 0.15) is 35.6 Å². The normalized spacial score (nSPS) is 19.1. The van der Waals surface area contributed by atoms with Crippen molar-refractivity contribution in [2.75, 3.05) is 30.8 Å². The fourth-order valence-electron chi connectivity index (χ4n) is 4.41. The lowest BCUT2D eigenvalue weighted by Crippen LogP contribution is -2.43. The van der Waals surface area contributed by atoms with Crippen LogP contribution >= 0.6 is 0 Å². The number of fused-ring (bicyclic) bond motifs is 2. The van der Waals surface area contributed by atoms with Crippen molar-refractivity contribution in [2.24, 2.45) is 4.99 Å². The van der Waals surface area contributed by atoms with Gasteiger partial charge in [-0.2, -0.15) is 26.3 Å². The number of hydrogen-bond donors (Lipinski definition) is 3. The summed E-state index contributed by atoms with van der Waals surface area (Å²) in [4.78, 5) is 19.3. The number of aromatic amines is 1. The van der Waals surface area contributed by atoms with Gasteiger partial charge in [-0.25, -0.2) is 0 Å². The topological polar surface area (TPSA) is 81.8 Å². The fourth-order valence-corrected chi connectivity index (χ4v) is 4.41. The van der Waals surface area contributed by atoms with Crippen molar-refractivity contribution >= 4 is 23.1 Å². The van der Waals surface area contributed by atoms with Crippen molar-refractivity contribution in [3.63, 3.8) is 0 Å². The van der Waals surface area contributed by atoms with Crippen LogP contribution in [0.2, 0.25) is 0 Å². The van der Waals surface area contributed by atoms with Crippen LogP contribution in [0.15, 0.2) is 23.3 Å². The van der Waals surface area contributed by atoms with E-state index < -0.39 is 30.0 Å². The first-order valence-electron chi connectivity index (χ1n) is 10.8. The van der Waals surface area contributed by atoms with Gasteiger partial charge >= 0.3 is 18.3 Å². The maximum Gasteiger partial charge on any atom is 0.471 e. The molecule has 1 atom stereocenters. The van der Waals surface area contributed by atoms with E-state index in [1.165, 1.54) is 7.11 Å². The number of nitrogens with one attached hydrogen (secondary N) is 3. The number of hydrogen-bond acceptors (Lipinski definition) is 5. The molecule has 2 aliphatic heterocycles. The highest BCUT2D eigenvalue weighted by Crippen LogP contribution is 2.39. The Morgan fingerprint density at radius 2 is 1.97 bits per heavy atom. The van der Waals surface area contributed by atoms with Crippen LogP contribution in [-0.4, -0.2) is 54.0 Å². The summed E-state index contributed by atoms with van der Waals surface area (Å²) in [5.41, 5.74) is 1.28. The minimum absolute atomic E-state index is 0.00997. The molecule has 0 fully saturated rings. The predicted octanol–water partition coefficient (Wildman–Crippen LogP) is 4.55. The molecule has 4 rings (SSSR count). The van der Waals surface area contributed by atoms with Crippen molar-refractivity contribution in [1.29, 1.82) is 0 Å². The van der Waals surface area contributed by atoms with E-state index in [9.17, 15) is 31.1 Å². The maximum atomic E-state index is 13.4. The smallest absolute Gasteiger partial charge is 0.471 e. The second-order valence-corrected chi connectivity index (χ2v) is 8.21. The molecular weight excluding hydrogens is 480 g/mol. The number of H-pyrrole nitrogens is 1. The third-order valence-electron chi connectivity index (χ3n) is 5.93. The lowest BCUT2D eigenvalue weighted by molar-refractivity contribution is -0.186. The SMILES string of the molecule is CCN=C1CC(Nc2cc3c(cc2OC)CN(C(=O)C(F)(F)F)CC3)Nc2[nH]cc(C(F)(F)F)c21. The summed E-state index contributed by atoms with van der Waals surface area (Å²) in [5, 5.41) is 6.22. The number of halogens is 6. The summed E-state index contributed by atoms with van der Waals surface area (Å²) in [7, 11) is 1.39. The molecule has 1 aromatic heterocycles. The Labute approximate surface area is 196 Å². The molecule has 1 aromatic carbocycles. The standard InChI is InChI=1S/C22H23F6N5O2/c1-3-29-15-8-17(32-19-18(15)13(9-30-19)21(23,24)25)31-14-6-11-4-5-33(20(34)22(26,27)28)10-12(11)7-16(14)35-2/h6-7,9,17,30-32H,3-5,8,10H2,1-2H3. The highest BCUT2D eigenvalue weighted by Gasteiger charge is 2.43. The van der Waals surface area contributed by atoms with Crippen LogP contribution in [0, 0.1) is 0 Å². The number of carbonyl (C=O) groups excluding carboxylic acids is 1. The molecule has 0 bridgehead atoms. The first-order chi connectivity index (χ1) is 16.4. The number of ether oxygens (including phenoxy) is 1. The number of methoxy groups -OCH3 is 1. The van der Waals surface area contributed by atoms with Crippen LogP contribution in [0.25, 0.3) is 0 Å². The minimum Gasteiger partial charge on any atom is -0.495 e. The number of alkyl halides is 6. The minimum atomic E-state index is -4.95. The van der Waals surface area contributed by atoms with Crippen molar-refractivity contribution in [3.05, 3.63) is 40.6 Å². The summed E-state index contributed by atoms with van der Waals surface area (Å²) in [6.45, 7) is 1.75. The summed E-state index contributed by atoms with van der Waals surface area (Å²) in [6.07, 6.45) is -8.76. The molecule has 35 heavy (non-hydrogen) atoms. The van der Waals surface area contributed by atoms with Crippen molar-refractivity contribution in [2.45, 2.75) is 44.8 Å². The zero-order valence-corrected chi connectivity index (χ0v) is 18.8. The van der Waals surface area contributed by atoms with Gasteiger partial charge in [-0.05, 0) is 36.6 Å². The second-order valence-electron chi connectivity index (χ2n) is 8.21. The molecule has 1 unspecified atom stereocenters. The number of aliphatic imine (C=N–C) groups is 1. The number of amides is 1. The summed E-state index contributed by atoms with van der Waals surface area (Å²) in [6, 6.07) is 3.30. The Morgan fingerprint density at radius 1 is 1.23 bits per heavy atom. The van der Waals surface area contributed by atoms with Gasteiger partial charge < -0.3 is 25.3 Å². The summed E-state index contributed by atoms with van der Waals surface area (Å²) in [5.74, 6) is -1.38. The van der Waals surface area contributed by atoms with Gasteiger partial charge in [-0.15, -0.1) is 0 Å². The van der Waals surface area contributed by atoms with E-state index in [0.717, 1.165) is 16.7 Å². The van der Waals surface area contributed by atoms with Gasteiger partial charge in [0.25, 0.3) is 0 Å². The molecule has 1 amide bonds. The first-order valence-corrected chi connectivity index (χ1v) is 10.8. The van der Waals surface area contributed by atoms with Crippen LogP contribution < -0.4 is 15.4 Å². The number of anilines is 2. The Bertz CT molecular complexity index is 1150. The quantitative estimate of drug-likeness (QED) is 0.535. The molecule has 190 valence electrons. The predicted molar refractivity (Wildman–Crippen MR) is 117 cm³/mol. The molecule has 2 aromatic rings. The van der Waals surface area contributed by atoms with Crippen molar-refractivity contribution < 1.29 is 35.9 Å². The molecule has 0 spiro atoms. The second kappa shape index (κ2) is 9.00. The molecule has 3 heterocycles. The van der Waals surface area contributed by atoms with Gasteiger partial charge in [0.15, 0.2) is 0 Å². The average molecular weight is 503 g/mol. The van der Waals surface area contributed by atoms with Gasteiger partial charge in [0, 0.05) is 37.8 Å².